The molecule has 1 aromatic carbocycles. The number of rotatable bonds is 3. The topological polar surface area (TPSA) is 21.1 Å². The molecule has 0 N–H and O–H groups in total. The molecule has 1 saturated heterocycles. The van der Waals surface area contributed by atoms with E-state index in [9.17, 15) is 0 Å². The first kappa shape index (κ1) is 17.3. The molecule has 3 nitrogen and oxygen atoms in total. The number of aromatic nitrogens is 2. The number of pyridine rings is 1. The van der Waals surface area contributed by atoms with Crippen LogP contribution in [0.3, 0.4) is 0 Å². The van der Waals surface area contributed by atoms with E-state index >= 15 is 0 Å². The van der Waals surface area contributed by atoms with Gasteiger partial charge in [0.25, 0.3) is 0 Å². The van der Waals surface area contributed by atoms with Crippen molar-refractivity contribution >= 4 is 22.6 Å². The van der Waals surface area contributed by atoms with Crippen LogP contribution in [0.25, 0.3) is 11.0 Å². The van der Waals surface area contributed by atoms with Crippen LogP contribution >= 0.6 is 11.6 Å². The maximum atomic E-state index is 6.05. The Morgan fingerprint density at radius 1 is 1.07 bits per heavy atom. The first-order valence-electron chi connectivity index (χ1n) is 10.2. The minimum absolute atomic E-state index is 0.566. The molecule has 0 saturated carbocycles. The summed E-state index contributed by atoms with van der Waals surface area (Å²) in [6, 6.07) is 13.3. The lowest BCUT2D eigenvalue weighted by molar-refractivity contribution is 0.138. The van der Waals surface area contributed by atoms with Crippen molar-refractivity contribution in [1.82, 2.24) is 14.5 Å². The summed E-state index contributed by atoms with van der Waals surface area (Å²) < 4.78 is 2.55. The fraction of sp³-hybridized carbons (Fsp3) is 0.435. The van der Waals surface area contributed by atoms with Crippen LogP contribution in [0.5, 0.6) is 0 Å². The number of aryl methyl sites for hydroxylation is 3. The van der Waals surface area contributed by atoms with E-state index in [1.54, 1.807) is 0 Å². The van der Waals surface area contributed by atoms with Crippen LogP contribution in [0.2, 0.25) is 5.02 Å². The van der Waals surface area contributed by atoms with Gasteiger partial charge < -0.3 is 4.57 Å². The Morgan fingerprint density at radius 2 is 1.93 bits per heavy atom. The average molecular weight is 380 g/mol. The van der Waals surface area contributed by atoms with Crippen LogP contribution in [-0.4, -0.2) is 27.5 Å². The zero-order valence-corrected chi connectivity index (χ0v) is 16.7. The summed E-state index contributed by atoms with van der Waals surface area (Å²) in [5.74, 6) is 0. The third-order valence-corrected chi connectivity index (χ3v) is 6.57. The van der Waals surface area contributed by atoms with Crippen molar-refractivity contribution in [2.75, 3.05) is 13.1 Å². The fourth-order valence-electron chi connectivity index (χ4n) is 5.00. The molecule has 1 atom stereocenters. The van der Waals surface area contributed by atoms with E-state index < -0.39 is 0 Å². The number of benzene rings is 1. The Kier molecular flexibility index (Phi) is 4.45. The number of piperidine rings is 1. The van der Waals surface area contributed by atoms with Gasteiger partial charge in [0, 0.05) is 47.5 Å². The zero-order chi connectivity index (χ0) is 18.4. The second-order valence-corrected chi connectivity index (χ2v) is 8.44. The van der Waals surface area contributed by atoms with Crippen LogP contribution in [-0.2, 0) is 19.4 Å². The van der Waals surface area contributed by atoms with Crippen LogP contribution in [0.4, 0.5) is 0 Å². The summed E-state index contributed by atoms with van der Waals surface area (Å²) in [6.07, 6.45) is 6.12. The van der Waals surface area contributed by atoms with Crippen molar-refractivity contribution in [2.45, 2.75) is 51.6 Å². The molecular weight excluding hydrogens is 354 g/mol. The summed E-state index contributed by atoms with van der Waals surface area (Å²) in [5.41, 5.74) is 8.07. The molecule has 0 bridgehead atoms. The van der Waals surface area contributed by atoms with Gasteiger partial charge in [0.15, 0.2) is 0 Å². The highest BCUT2D eigenvalue weighted by atomic mass is 35.5. The number of halogens is 1. The van der Waals surface area contributed by atoms with Gasteiger partial charge in [-0.3, -0.25) is 9.88 Å². The van der Waals surface area contributed by atoms with E-state index in [0.29, 0.717) is 6.04 Å². The summed E-state index contributed by atoms with van der Waals surface area (Å²) >= 11 is 6.05. The largest absolute Gasteiger partial charge is 0.343 e. The minimum atomic E-state index is 0.566. The molecule has 27 heavy (non-hydrogen) atoms. The second-order valence-electron chi connectivity index (χ2n) is 8.01. The van der Waals surface area contributed by atoms with Gasteiger partial charge in [-0.05, 0) is 62.6 Å². The Bertz CT molecular complexity index is 973. The molecule has 5 rings (SSSR count). The minimum Gasteiger partial charge on any atom is -0.343 e. The van der Waals surface area contributed by atoms with Crippen LogP contribution in [0.1, 0.15) is 47.8 Å². The summed E-state index contributed by atoms with van der Waals surface area (Å²) in [4.78, 5) is 7.70. The van der Waals surface area contributed by atoms with Gasteiger partial charge in [0.1, 0.15) is 0 Å². The molecule has 0 aliphatic carbocycles. The molecule has 1 fully saturated rings. The maximum Gasteiger partial charge on any atom is 0.0934 e. The summed E-state index contributed by atoms with van der Waals surface area (Å²) in [6.45, 7) is 5.55. The first-order valence-corrected chi connectivity index (χ1v) is 10.6. The summed E-state index contributed by atoms with van der Waals surface area (Å²) in [5, 5.41) is 0.805. The van der Waals surface area contributed by atoms with Crippen molar-refractivity contribution in [1.29, 1.82) is 0 Å². The van der Waals surface area contributed by atoms with E-state index in [2.05, 4.69) is 40.7 Å². The van der Waals surface area contributed by atoms with Gasteiger partial charge in [-0.2, -0.15) is 0 Å². The zero-order valence-electron chi connectivity index (χ0n) is 15.9. The van der Waals surface area contributed by atoms with E-state index in [1.807, 2.05) is 12.1 Å². The molecule has 3 aromatic rings. The van der Waals surface area contributed by atoms with Crippen LogP contribution < -0.4 is 0 Å². The lowest BCUT2D eigenvalue weighted by Gasteiger charge is -2.39. The van der Waals surface area contributed by atoms with Crippen molar-refractivity contribution < 1.29 is 0 Å². The van der Waals surface area contributed by atoms with Gasteiger partial charge in [-0.15, -0.1) is 0 Å². The predicted octanol–water partition coefficient (Wildman–Crippen LogP) is 5.32. The first-order chi connectivity index (χ1) is 13.2. The maximum absolute atomic E-state index is 6.05. The van der Waals surface area contributed by atoms with Gasteiger partial charge in [0.05, 0.1) is 11.0 Å². The van der Waals surface area contributed by atoms with Crippen molar-refractivity contribution in [2.24, 2.45) is 0 Å². The second kappa shape index (κ2) is 6.96. The number of hydrogen-bond acceptors (Lipinski definition) is 2. The molecule has 2 aliphatic rings. The number of fused-ring (bicyclic) bond motifs is 5. The highest BCUT2D eigenvalue weighted by Crippen LogP contribution is 2.41. The highest BCUT2D eigenvalue weighted by Gasteiger charge is 2.34. The molecular formula is C23H26ClN3. The Labute approximate surface area is 166 Å². The summed E-state index contributed by atoms with van der Waals surface area (Å²) in [7, 11) is 0. The molecule has 2 aliphatic heterocycles. The van der Waals surface area contributed by atoms with Crippen LogP contribution in [0, 0.1) is 6.92 Å². The van der Waals surface area contributed by atoms with Crippen molar-refractivity contribution in [3.8, 4) is 0 Å². The highest BCUT2D eigenvalue weighted by molar-refractivity contribution is 6.30. The smallest absolute Gasteiger partial charge is 0.0934 e. The van der Waals surface area contributed by atoms with E-state index in [-0.39, 0.29) is 0 Å². The predicted molar refractivity (Wildman–Crippen MR) is 111 cm³/mol. The Hall–Kier alpha value is -1.84. The third kappa shape index (κ3) is 3.07. The quantitative estimate of drug-likeness (QED) is 0.613. The van der Waals surface area contributed by atoms with Gasteiger partial charge >= 0.3 is 0 Å². The van der Waals surface area contributed by atoms with Crippen molar-refractivity contribution in [3.63, 3.8) is 0 Å². The molecule has 1 unspecified atom stereocenters. The van der Waals surface area contributed by atoms with Gasteiger partial charge in [-0.25, -0.2) is 0 Å². The molecule has 140 valence electrons. The van der Waals surface area contributed by atoms with Crippen LogP contribution in [0.15, 0.2) is 36.4 Å². The Morgan fingerprint density at radius 3 is 2.78 bits per heavy atom. The van der Waals surface area contributed by atoms with E-state index in [0.717, 1.165) is 30.1 Å². The monoisotopic (exact) mass is 379 g/mol. The van der Waals surface area contributed by atoms with Crippen molar-refractivity contribution in [3.05, 3.63) is 63.9 Å². The number of nitrogens with zero attached hydrogens (tertiary/aromatic N) is 3. The average Bonchev–Trinajstić information content (AvgIpc) is 3.01. The standard InChI is InChI=1S/C23H26ClN3/c1-16-5-10-21-23(25-16)22-19-4-2-3-13-26(19)14-12-20(22)27(21)15-11-17-6-8-18(24)9-7-17/h5-10,19H,2-4,11-15H2,1H3. The molecule has 4 heteroatoms. The van der Waals surface area contributed by atoms with E-state index in [4.69, 9.17) is 16.6 Å². The SMILES string of the molecule is Cc1ccc2c(n1)c1c(n2CCc2ccc(Cl)cc2)CCN2CCCCC12. The lowest BCUT2D eigenvalue weighted by atomic mass is 9.90. The molecule has 2 aromatic heterocycles. The van der Waals surface area contributed by atoms with Gasteiger partial charge in [-0.1, -0.05) is 30.2 Å². The van der Waals surface area contributed by atoms with Gasteiger partial charge in [0.2, 0.25) is 0 Å². The normalized spacial score (nSPS) is 19.9. The third-order valence-electron chi connectivity index (χ3n) is 6.32. The molecule has 4 heterocycles. The lowest BCUT2D eigenvalue weighted by Crippen LogP contribution is -2.39. The molecule has 0 radical (unpaired) electrons. The number of hydrogen-bond donors (Lipinski definition) is 0. The molecule has 0 amide bonds. The fourth-order valence-corrected chi connectivity index (χ4v) is 5.12. The Balaban J connectivity index is 1.57. The molecule has 0 spiro atoms. The van der Waals surface area contributed by atoms with E-state index in [1.165, 1.54) is 60.2 Å².